The van der Waals surface area contributed by atoms with Gasteiger partial charge in [-0.3, -0.25) is 14.9 Å². The molecule has 2 N–H and O–H groups in total. The molecular formula is C21H29N3O4. The van der Waals surface area contributed by atoms with Crippen LogP contribution in [0.4, 0.5) is 16.2 Å². The highest BCUT2D eigenvalue weighted by molar-refractivity contribution is 5.94. The van der Waals surface area contributed by atoms with Gasteiger partial charge in [-0.05, 0) is 49.8 Å². The Labute approximate surface area is 165 Å². The molecule has 0 bridgehead atoms. The lowest BCUT2D eigenvalue weighted by Crippen LogP contribution is -2.42. The quantitative estimate of drug-likeness (QED) is 0.782. The molecule has 3 amide bonds. The van der Waals surface area contributed by atoms with Gasteiger partial charge in [0.05, 0.1) is 6.61 Å². The van der Waals surface area contributed by atoms with E-state index in [-0.39, 0.29) is 29.6 Å². The van der Waals surface area contributed by atoms with E-state index in [0.717, 1.165) is 12.8 Å². The Hall–Kier alpha value is -2.57. The fourth-order valence-electron chi connectivity index (χ4n) is 3.27. The number of nitrogens with zero attached hydrogens (tertiary/aromatic N) is 1. The summed E-state index contributed by atoms with van der Waals surface area (Å²) in [6.07, 6.45) is 2.88. The molecule has 7 nitrogen and oxygen atoms in total. The molecule has 0 unspecified atom stereocenters. The number of amides is 3. The molecule has 3 rings (SSSR count). The van der Waals surface area contributed by atoms with Crippen LogP contribution < -0.4 is 10.6 Å². The number of rotatable bonds is 6. The Morgan fingerprint density at radius 1 is 1.04 bits per heavy atom. The predicted molar refractivity (Wildman–Crippen MR) is 107 cm³/mol. The summed E-state index contributed by atoms with van der Waals surface area (Å²) in [6.45, 7) is 5.59. The van der Waals surface area contributed by atoms with Crippen molar-refractivity contribution < 1.29 is 19.1 Å². The first-order chi connectivity index (χ1) is 13.4. The van der Waals surface area contributed by atoms with Crippen molar-refractivity contribution in [3.05, 3.63) is 24.3 Å². The van der Waals surface area contributed by atoms with E-state index < -0.39 is 6.09 Å². The fraction of sp³-hybridized carbons (Fsp3) is 0.571. The highest BCUT2D eigenvalue weighted by Gasteiger charge is 2.35. The maximum atomic E-state index is 12.6. The molecular weight excluding hydrogens is 358 g/mol. The van der Waals surface area contributed by atoms with Gasteiger partial charge in [-0.1, -0.05) is 19.9 Å². The number of carbonyl (C=O) groups is 3. The second-order valence-corrected chi connectivity index (χ2v) is 8.06. The van der Waals surface area contributed by atoms with Crippen molar-refractivity contribution in [2.75, 3.05) is 30.3 Å². The van der Waals surface area contributed by atoms with Crippen LogP contribution in [0.2, 0.25) is 0 Å². The second-order valence-electron chi connectivity index (χ2n) is 8.06. The minimum absolute atomic E-state index is 0.0435. The van der Waals surface area contributed by atoms with Gasteiger partial charge in [0.25, 0.3) is 0 Å². The van der Waals surface area contributed by atoms with E-state index in [4.69, 9.17) is 4.74 Å². The molecule has 1 aliphatic carbocycles. The van der Waals surface area contributed by atoms with Crippen molar-refractivity contribution in [2.24, 2.45) is 17.8 Å². The first-order valence-electron chi connectivity index (χ1n) is 10.1. The summed E-state index contributed by atoms with van der Waals surface area (Å²) >= 11 is 0. The lowest BCUT2D eigenvalue weighted by atomic mass is 9.95. The Bertz CT molecular complexity index is 722. The number of ether oxygens (including phenoxy) is 1. The zero-order valence-corrected chi connectivity index (χ0v) is 16.6. The van der Waals surface area contributed by atoms with Crippen LogP contribution in [0.1, 0.15) is 39.5 Å². The highest BCUT2D eigenvalue weighted by Crippen LogP contribution is 2.32. The Kier molecular flexibility index (Phi) is 6.54. The summed E-state index contributed by atoms with van der Waals surface area (Å²) in [5.41, 5.74) is 1.19. The summed E-state index contributed by atoms with van der Waals surface area (Å²) in [7, 11) is 0. The number of nitrogens with one attached hydrogen (secondary N) is 2. The van der Waals surface area contributed by atoms with Crippen molar-refractivity contribution >= 4 is 29.3 Å². The van der Waals surface area contributed by atoms with Crippen molar-refractivity contribution in [3.8, 4) is 0 Å². The number of hydrogen-bond donors (Lipinski definition) is 2. The maximum absolute atomic E-state index is 12.6. The maximum Gasteiger partial charge on any atom is 0.411 e. The largest absolute Gasteiger partial charge is 0.449 e. The van der Waals surface area contributed by atoms with Crippen LogP contribution in [0.15, 0.2) is 24.3 Å². The average Bonchev–Trinajstić information content (AvgIpc) is 3.51. The summed E-state index contributed by atoms with van der Waals surface area (Å²) in [5, 5.41) is 5.59. The van der Waals surface area contributed by atoms with Crippen LogP contribution in [0, 0.1) is 17.8 Å². The van der Waals surface area contributed by atoms with Gasteiger partial charge in [0, 0.05) is 36.3 Å². The van der Waals surface area contributed by atoms with Crippen LogP contribution in [-0.4, -0.2) is 42.5 Å². The first-order valence-corrected chi connectivity index (χ1v) is 10.1. The third kappa shape index (κ3) is 5.71. The zero-order valence-electron chi connectivity index (χ0n) is 16.6. The van der Waals surface area contributed by atoms with Crippen LogP contribution in [0.3, 0.4) is 0 Å². The van der Waals surface area contributed by atoms with Crippen LogP contribution in [0.5, 0.6) is 0 Å². The Morgan fingerprint density at radius 3 is 2.29 bits per heavy atom. The van der Waals surface area contributed by atoms with E-state index in [0.29, 0.717) is 43.9 Å². The van der Waals surface area contributed by atoms with Gasteiger partial charge in [0.15, 0.2) is 0 Å². The van der Waals surface area contributed by atoms with E-state index in [1.54, 1.807) is 24.3 Å². The average molecular weight is 387 g/mol. The van der Waals surface area contributed by atoms with Gasteiger partial charge in [-0.15, -0.1) is 0 Å². The summed E-state index contributed by atoms with van der Waals surface area (Å²) in [6, 6.07) is 7.01. The normalized spacial score (nSPS) is 17.3. The van der Waals surface area contributed by atoms with Gasteiger partial charge in [0.1, 0.15) is 0 Å². The minimum atomic E-state index is -0.509. The fourth-order valence-corrected chi connectivity index (χ4v) is 3.27. The molecule has 1 aromatic rings. The lowest BCUT2D eigenvalue weighted by Gasteiger charge is -2.31. The zero-order chi connectivity index (χ0) is 20.1. The predicted octanol–water partition coefficient (Wildman–Crippen LogP) is 3.48. The molecule has 28 heavy (non-hydrogen) atoms. The SMILES string of the molecule is CC(C)COC(=O)Nc1cccc(NC(=O)C2CCN(C(=O)C3CC3)CC2)c1. The molecule has 152 valence electrons. The molecule has 0 aromatic heterocycles. The molecule has 2 aliphatic rings. The smallest absolute Gasteiger partial charge is 0.411 e. The van der Waals surface area contributed by atoms with E-state index in [2.05, 4.69) is 10.6 Å². The van der Waals surface area contributed by atoms with Crippen molar-refractivity contribution in [2.45, 2.75) is 39.5 Å². The standard InChI is InChI=1S/C21H29N3O4/c1-14(2)13-28-21(27)23-18-5-3-4-17(12-18)22-19(25)15-8-10-24(11-9-15)20(26)16-6-7-16/h3-5,12,14-16H,6-11,13H2,1-2H3,(H,22,25)(H,23,27). The van der Waals surface area contributed by atoms with Gasteiger partial charge in [0.2, 0.25) is 11.8 Å². The molecule has 1 saturated carbocycles. The molecule has 7 heteroatoms. The van der Waals surface area contributed by atoms with Gasteiger partial charge >= 0.3 is 6.09 Å². The monoisotopic (exact) mass is 387 g/mol. The molecule has 0 spiro atoms. The molecule has 0 radical (unpaired) electrons. The summed E-state index contributed by atoms with van der Waals surface area (Å²) < 4.78 is 5.10. The number of piperidine rings is 1. The first kappa shape index (κ1) is 20.2. The van der Waals surface area contributed by atoms with E-state index in [1.807, 2.05) is 18.7 Å². The minimum Gasteiger partial charge on any atom is -0.449 e. The Morgan fingerprint density at radius 2 is 1.68 bits per heavy atom. The van der Waals surface area contributed by atoms with Crippen molar-refractivity contribution in [1.82, 2.24) is 4.90 Å². The van der Waals surface area contributed by atoms with E-state index in [1.165, 1.54) is 0 Å². The Balaban J connectivity index is 1.47. The number of benzene rings is 1. The van der Waals surface area contributed by atoms with E-state index >= 15 is 0 Å². The molecule has 1 aromatic carbocycles. The van der Waals surface area contributed by atoms with Crippen molar-refractivity contribution in [3.63, 3.8) is 0 Å². The van der Waals surface area contributed by atoms with Gasteiger partial charge in [-0.25, -0.2) is 4.79 Å². The summed E-state index contributed by atoms with van der Waals surface area (Å²) in [5.74, 6) is 0.603. The molecule has 1 aliphatic heterocycles. The second kappa shape index (κ2) is 9.08. The highest BCUT2D eigenvalue weighted by atomic mass is 16.5. The van der Waals surface area contributed by atoms with Gasteiger partial charge in [-0.2, -0.15) is 0 Å². The number of carbonyl (C=O) groups excluding carboxylic acids is 3. The molecule has 1 heterocycles. The topological polar surface area (TPSA) is 87.7 Å². The van der Waals surface area contributed by atoms with Gasteiger partial charge < -0.3 is 15.0 Å². The van der Waals surface area contributed by atoms with Crippen LogP contribution in [-0.2, 0) is 14.3 Å². The van der Waals surface area contributed by atoms with Crippen LogP contribution in [0.25, 0.3) is 0 Å². The third-order valence-electron chi connectivity index (χ3n) is 5.03. The molecule has 2 fully saturated rings. The molecule has 0 atom stereocenters. The number of likely N-dealkylation sites (tertiary alicyclic amines) is 1. The lowest BCUT2D eigenvalue weighted by molar-refractivity contribution is -0.135. The summed E-state index contributed by atoms with van der Waals surface area (Å²) in [4.78, 5) is 38.4. The van der Waals surface area contributed by atoms with Crippen LogP contribution >= 0.6 is 0 Å². The van der Waals surface area contributed by atoms with E-state index in [9.17, 15) is 14.4 Å². The van der Waals surface area contributed by atoms with Crippen molar-refractivity contribution in [1.29, 1.82) is 0 Å². The number of anilines is 2. The molecule has 1 saturated heterocycles. The third-order valence-corrected chi connectivity index (χ3v) is 5.03. The number of hydrogen-bond acceptors (Lipinski definition) is 4.